The molecular formula is C19H20N2O3S2. The van der Waals surface area contributed by atoms with Gasteiger partial charge in [-0.2, -0.15) is 0 Å². The first-order valence-electron chi connectivity index (χ1n) is 8.39. The molecule has 3 aromatic rings. The first-order chi connectivity index (χ1) is 12.6. The maximum Gasteiger partial charge on any atom is 0.316 e. The van der Waals surface area contributed by atoms with Crippen molar-refractivity contribution in [2.75, 3.05) is 12.9 Å². The number of benzene rings is 1. The molecule has 0 N–H and O–H groups in total. The molecule has 0 aliphatic heterocycles. The largest absolute Gasteiger partial charge is 0.468 e. The van der Waals surface area contributed by atoms with Crippen LogP contribution in [0.15, 0.2) is 46.3 Å². The summed E-state index contributed by atoms with van der Waals surface area (Å²) < 4.78 is 6.38. The van der Waals surface area contributed by atoms with Crippen LogP contribution in [0, 0.1) is 0 Å². The Kier molecular flexibility index (Phi) is 6.11. The molecular weight excluding hydrogens is 368 g/mol. The van der Waals surface area contributed by atoms with E-state index in [4.69, 9.17) is 4.74 Å². The minimum absolute atomic E-state index is 0.0470. The summed E-state index contributed by atoms with van der Waals surface area (Å²) in [7, 11) is 1.36. The third-order valence-corrected chi connectivity index (χ3v) is 6.15. The van der Waals surface area contributed by atoms with Crippen LogP contribution in [0.25, 0.3) is 10.2 Å². The van der Waals surface area contributed by atoms with Gasteiger partial charge in [-0.15, -0.1) is 11.3 Å². The highest BCUT2D eigenvalue weighted by Crippen LogP contribution is 2.25. The Hall–Kier alpha value is -2.12. The summed E-state index contributed by atoms with van der Waals surface area (Å²) in [6, 6.07) is 12.0. The van der Waals surface area contributed by atoms with Crippen LogP contribution in [0.1, 0.15) is 17.4 Å². The van der Waals surface area contributed by atoms with Gasteiger partial charge < -0.3 is 4.74 Å². The third-order valence-electron chi connectivity index (χ3n) is 4.03. The molecule has 2 aromatic heterocycles. The molecule has 7 heteroatoms. The molecule has 0 unspecified atom stereocenters. The van der Waals surface area contributed by atoms with Crippen molar-refractivity contribution in [2.24, 2.45) is 0 Å². The van der Waals surface area contributed by atoms with Crippen LogP contribution < -0.4 is 5.56 Å². The predicted molar refractivity (Wildman–Crippen MR) is 106 cm³/mol. The monoisotopic (exact) mass is 388 g/mol. The number of thiophene rings is 1. The van der Waals surface area contributed by atoms with Crippen molar-refractivity contribution in [3.63, 3.8) is 0 Å². The summed E-state index contributed by atoms with van der Waals surface area (Å²) in [6.07, 6.45) is 1.60. The smallest absolute Gasteiger partial charge is 0.316 e. The molecule has 26 heavy (non-hydrogen) atoms. The number of methoxy groups -OCH3 is 1. The minimum atomic E-state index is -0.334. The van der Waals surface area contributed by atoms with Crippen LogP contribution in [0.5, 0.6) is 0 Å². The summed E-state index contributed by atoms with van der Waals surface area (Å²) in [5, 5.41) is 1.22. The number of hydrogen-bond acceptors (Lipinski definition) is 6. The number of esters is 1. The molecule has 5 nitrogen and oxygen atoms in total. The zero-order valence-electron chi connectivity index (χ0n) is 14.7. The fourth-order valence-electron chi connectivity index (χ4n) is 2.60. The molecule has 0 bridgehead atoms. The van der Waals surface area contributed by atoms with Crippen molar-refractivity contribution < 1.29 is 9.53 Å². The fraction of sp³-hybridized carbons (Fsp3) is 0.316. The molecule has 136 valence electrons. The van der Waals surface area contributed by atoms with Crippen LogP contribution in [-0.2, 0) is 28.9 Å². The van der Waals surface area contributed by atoms with E-state index in [0.29, 0.717) is 17.1 Å². The highest BCUT2D eigenvalue weighted by molar-refractivity contribution is 7.99. The van der Waals surface area contributed by atoms with E-state index in [-0.39, 0.29) is 17.3 Å². The summed E-state index contributed by atoms with van der Waals surface area (Å²) >= 11 is 2.78. The lowest BCUT2D eigenvalue weighted by atomic mass is 10.1. The molecule has 0 atom stereocenters. The molecule has 0 saturated carbocycles. The standard InChI is InChI=1S/C19H20N2O3S2/c1-3-14-11-15-17(26-14)20-19(25-12-16(22)24-2)21(18(15)23)10-9-13-7-5-4-6-8-13/h4-8,11H,3,9-10,12H2,1-2H3. The quantitative estimate of drug-likeness (QED) is 0.352. The van der Waals surface area contributed by atoms with Gasteiger partial charge in [0.1, 0.15) is 4.83 Å². The Labute approximate surface area is 160 Å². The predicted octanol–water partition coefficient (Wildman–Crippen LogP) is 3.53. The SMILES string of the molecule is CCc1cc2c(=O)n(CCc3ccccc3)c(SCC(=O)OC)nc2s1. The van der Waals surface area contributed by atoms with Crippen LogP contribution in [-0.4, -0.2) is 28.4 Å². The van der Waals surface area contributed by atoms with Crippen molar-refractivity contribution in [1.29, 1.82) is 0 Å². The van der Waals surface area contributed by atoms with Crippen molar-refractivity contribution >= 4 is 39.3 Å². The Morgan fingerprint density at radius 2 is 2.08 bits per heavy atom. The van der Waals surface area contributed by atoms with E-state index in [1.54, 1.807) is 4.57 Å². The topological polar surface area (TPSA) is 61.2 Å². The first-order valence-corrected chi connectivity index (χ1v) is 10.2. The number of thioether (sulfide) groups is 1. The van der Waals surface area contributed by atoms with Gasteiger partial charge in [-0.05, 0) is 24.5 Å². The zero-order chi connectivity index (χ0) is 18.5. The lowest BCUT2D eigenvalue weighted by Crippen LogP contribution is -2.24. The lowest BCUT2D eigenvalue weighted by Gasteiger charge is -2.11. The normalized spacial score (nSPS) is 11.0. The first kappa shape index (κ1) is 18.7. The van der Waals surface area contributed by atoms with Crippen LogP contribution in [0.2, 0.25) is 0 Å². The van der Waals surface area contributed by atoms with Crippen molar-refractivity contribution in [1.82, 2.24) is 9.55 Å². The number of carbonyl (C=O) groups excluding carboxylic acids is 1. The molecule has 0 amide bonds. The average molecular weight is 389 g/mol. The molecule has 0 aliphatic carbocycles. The van der Waals surface area contributed by atoms with Gasteiger partial charge in [0, 0.05) is 11.4 Å². The summed E-state index contributed by atoms with van der Waals surface area (Å²) in [5.41, 5.74) is 1.11. The van der Waals surface area contributed by atoms with E-state index in [1.807, 2.05) is 36.4 Å². The number of fused-ring (bicyclic) bond motifs is 1. The van der Waals surface area contributed by atoms with E-state index in [2.05, 4.69) is 11.9 Å². The van der Waals surface area contributed by atoms with Gasteiger partial charge in [0.05, 0.1) is 18.2 Å². The molecule has 0 spiro atoms. The minimum Gasteiger partial charge on any atom is -0.468 e. The van der Waals surface area contributed by atoms with E-state index < -0.39 is 0 Å². The molecule has 0 radical (unpaired) electrons. The second kappa shape index (κ2) is 8.51. The Morgan fingerprint density at radius 1 is 1.31 bits per heavy atom. The number of hydrogen-bond donors (Lipinski definition) is 0. The van der Waals surface area contributed by atoms with Gasteiger partial charge in [0.2, 0.25) is 0 Å². The maximum atomic E-state index is 13.0. The van der Waals surface area contributed by atoms with E-state index in [1.165, 1.54) is 30.2 Å². The zero-order valence-corrected chi connectivity index (χ0v) is 16.4. The van der Waals surface area contributed by atoms with E-state index in [0.717, 1.165) is 28.1 Å². The van der Waals surface area contributed by atoms with Crippen molar-refractivity contribution in [3.8, 4) is 0 Å². The molecule has 0 fully saturated rings. The van der Waals surface area contributed by atoms with Crippen LogP contribution in [0.3, 0.4) is 0 Å². The summed E-state index contributed by atoms with van der Waals surface area (Å²) in [6.45, 7) is 2.58. The van der Waals surface area contributed by atoms with Gasteiger partial charge in [-0.1, -0.05) is 49.0 Å². The number of ether oxygens (including phenoxy) is 1. The second-order valence-electron chi connectivity index (χ2n) is 5.74. The highest BCUT2D eigenvalue weighted by Gasteiger charge is 2.15. The number of rotatable bonds is 7. The molecule has 3 rings (SSSR count). The molecule has 0 saturated heterocycles. The van der Waals surface area contributed by atoms with Crippen molar-refractivity contribution in [3.05, 3.63) is 57.2 Å². The second-order valence-corrected chi connectivity index (χ2v) is 7.79. The van der Waals surface area contributed by atoms with Gasteiger partial charge in [-0.25, -0.2) is 4.98 Å². The highest BCUT2D eigenvalue weighted by atomic mass is 32.2. The van der Waals surface area contributed by atoms with E-state index in [9.17, 15) is 9.59 Å². The number of aromatic nitrogens is 2. The third kappa shape index (κ3) is 4.16. The average Bonchev–Trinajstić information content (AvgIpc) is 3.10. The van der Waals surface area contributed by atoms with Gasteiger partial charge in [0.15, 0.2) is 5.16 Å². The van der Waals surface area contributed by atoms with Crippen molar-refractivity contribution in [2.45, 2.75) is 31.5 Å². The number of carbonyl (C=O) groups is 1. The van der Waals surface area contributed by atoms with E-state index >= 15 is 0 Å². The molecule has 0 aliphatic rings. The maximum absolute atomic E-state index is 13.0. The number of nitrogens with zero attached hydrogens (tertiary/aromatic N) is 2. The van der Waals surface area contributed by atoms with Crippen LogP contribution in [0.4, 0.5) is 0 Å². The molecule has 1 aromatic carbocycles. The Morgan fingerprint density at radius 3 is 2.77 bits per heavy atom. The fourth-order valence-corrected chi connectivity index (χ4v) is 4.46. The molecule has 2 heterocycles. The van der Waals surface area contributed by atoms with Gasteiger partial charge in [0.25, 0.3) is 5.56 Å². The van der Waals surface area contributed by atoms with Gasteiger partial charge >= 0.3 is 5.97 Å². The number of aryl methyl sites for hydroxylation is 2. The summed E-state index contributed by atoms with van der Waals surface area (Å²) in [5.74, 6) is -0.203. The summed E-state index contributed by atoms with van der Waals surface area (Å²) in [4.78, 5) is 31.1. The lowest BCUT2D eigenvalue weighted by molar-refractivity contribution is -0.137. The van der Waals surface area contributed by atoms with Crippen LogP contribution >= 0.6 is 23.1 Å². The Bertz CT molecular complexity index is 964. The van der Waals surface area contributed by atoms with Gasteiger partial charge in [-0.3, -0.25) is 14.2 Å². The Balaban J connectivity index is 1.97.